The molecule has 10 heteroatoms. The van der Waals surface area contributed by atoms with E-state index in [0.29, 0.717) is 28.5 Å². The molecule has 0 fully saturated rings. The lowest BCUT2D eigenvalue weighted by Gasteiger charge is -2.10. The molecule has 1 aromatic heterocycles. The van der Waals surface area contributed by atoms with Crippen LogP contribution in [0.2, 0.25) is 0 Å². The van der Waals surface area contributed by atoms with Gasteiger partial charge in [0.25, 0.3) is 0 Å². The van der Waals surface area contributed by atoms with E-state index in [1.165, 1.54) is 24.1 Å². The summed E-state index contributed by atoms with van der Waals surface area (Å²) >= 11 is 5.23. The monoisotopic (exact) mass is 406 g/mol. The summed E-state index contributed by atoms with van der Waals surface area (Å²) in [5, 5.41) is 11.1. The molecule has 0 atom stereocenters. The molecule has 0 aliphatic carbocycles. The molecule has 0 aliphatic rings. The fourth-order valence-electron chi connectivity index (χ4n) is 2.47. The molecule has 28 heavy (non-hydrogen) atoms. The zero-order valence-corrected chi connectivity index (χ0v) is 15.7. The van der Waals surface area contributed by atoms with Gasteiger partial charge in [-0.05, 0) is 36.5 Å². The van der Waals surface area contributed by atoms with Gasteiger partial charge in [0.15, 0.2) is 5.82 Å². The number of benzene rings is 2. The van der Waals surface area contributed by atoms with Gasteiger partial charge in [-0.1, -0.05) is 12.1 Å². The van der Waals surface area contributed by atoms with Gasteiger partial charge in [-0.25, -0.2) is 5.10 Å². The van der Waals surface area contributed by atoms with E-state index in [-0.39, 0.29) is 10.5 Å². The van der Waals surface area contributed by atoms with Crippen molar-refractivity contribution in [2.45, 2.75) is 6.61 Å². The first kappa shape index (κ1) is 19.5. The van der Waals surface area contributed by atoms with Crippen LogP contribution in [0.1, 0.15) is 5.56 Å². The number of aromatic amines is 1. The Hall–Kier alpha value is -3.27. The molecule has 0 aliphatic heterocycles. The normalized spacial score (nSPS) is 11.2. The number of ether oxygens (including phenoxy) is 3. The third-order valence-corrected chi connectivity index (χ3v) is 4.01. The molecule has 0 unspecified atom stereocenters. The summed E-state index contributed by atoms with van der Waals surface area (Å²) in [7, 11) is 3.07. The predicted octanol–water partition coefficient (Wildman–Crippen LogP) is 4.11. The first-order valence-electron chi connectivity index (χ1n) is 8.01. The van der Waals surface area contributed by atoms with E-state index in [1.807, 2.05) is 0 Å². The number of halogens is 2. The average Bonchev–Trinajstić information content (AvgIpc) is 3.06. The molecule has 1 N–H and O–H groups in total. The van der Waals surface area contributed by atoms with Crippen molar-refractivity contribution >= 4 is 18.4 Å². The number of H-pyrrole nitrogens is 1. The molecule has 0 bridgehead atoms. The maximum absolute atomic E-state index is 12.6. The van der Waals surface area contributed by atoms with Gasteiger partial charge in [0.2, 0.25) is 4.77 Å². The number of hydrogen-bond donors (Lipinski definition) is 1. The largest absolute Gasteiger partial charge is 0.497 e. The number of para-hydroxylation sites is 1. The van der Waals surface area contributed by atoms with Crippen LogP contribution in [0.5, 0.6) is 17.2 Å². The third kappa shape index (κ3) is 4.17. The number of methoxy groups -OCH3 is 2. The lowest BCUT2D eigenvalue weighted by molar-refractivity contribution is -0.0499. The maximum atomic E-state index is 12.6. The molecule has 7 nitrogen and oxygen atoms in total. The maximum Gasteiger partial charge on any atom is 0.387 e. The van der Waals surface area contributed by atoms with Crippen molar-refractivity contribution in [3.05, 3.63) is 52.8 Å². The standard InChI is InChI=1S/C18H16F2N4O3S/c1-25-12-7-8-13(15(9-12)26-2)16-22-23-18(28)24(16)21-10-11-5-3-4-6-14(11)27-17(19)20/h3-10,17H,1-2H3,(H,23,28)/b21-10-. The van der Waals surface area contributed by atoms with Crippen LogP contribution < -0.4 is 14.2 Å². The summed E-state index contributed by atoms with van der Waals surface area (Å²) in [5.41, 5.74) is 0.975. The molecule has 0 spiro atoms. The van der Waals surface area contributed by atoms with Crippen molar-refractivity contribution in [2.75, 3.05) is 14.2 Å². The summed E-state index contributed by atoms with van der Waals surface area (Å²) in [6, 6.07) is 11.5. The average molecular weight is 406 g/mol. The lowest BCUT2D eigenvalue weighted by Crippen LogP contribution is -2.04. The summed E-state index contributed by atoms with van der Waals surface area (Å²) in [4.78, 5) is 0. The molecule has 0 amide bonds. The first-order chi connectivity index (χ1) is 13.5. The Morgan fingerprint density at radius 2 is 1.93 bits per heavy atom. The molecule has 3 rings (SSSR count). The second-order valence-corrected chi connectivity index (χ2v) is 5.78. The minimum absolute atomic E-state index is 0.000147. The van der Waals surface area contributed by atoms with Crippen LogP contribution in [0.25, 0.3) is 11.4 Å². The van der Waals surface area contributed by atoms with Crippen LogP contribution in [-0.2, 0) is 0 Å². The lowest BCUT2D eigenvalue weighted by atomic mass is 10.2. The van der Waals surface area contributed by atoms with Gasteiger partial charge in [-0.15, -0.1) is 0 Å². The number of aromatic nitrogens is 3. The molecule has 0 radical (unpaired) electrons. The molecular formula is C18H16F2N4O3S. The Kier molecular flexibility index (Phi) is 5.99. The molecule has 146 valence electrons. The first-order valence-corrected chi connectivity index (χ1v) is 8.42. The SMILES string of the molecule is COc1ccc(-c2n[nH]c(=S)n2/N=C\c2ccccc2OC(F)F)c(OC)c1. The van der Waals surface area contributed by atoms with E-state index in [1.54, 1.807) is 43.5 Å². The Balaban J connectivity index is 2.02. The molecule has 2 aromatic carbocycles. The predicted molar refractivity (Wildman–Crippen MR) is 102 cm³/mol. The highest BCUT2D eigenvalue weighted by Crippen LogP contribution is 2.32. The molecule has 3 aromatic rings. The van der Waals surface area contributed by atoms with E-state index in [2.05, 4.69) is 20.0 Å². The second kappa shape index (κ2) is 8.61. The number of nitrogens with one attached hydrogen (secondary N) is 1. The molecule has 0 saturated heterocycles. The molecular weight excluding hydrogens is 390 g/mol. The Bertz CT molecular complexity index is 1050. The van der Waals surface area contributed by atoms with Gasteiger partial charge in [0.1, 0.15) is 17.2 Å². The highest BCUT2D eigenvalue weighted by molar-refractivity contribution is 7.71. The minimum atomic E-state index is -2.94. The highest BCUT2D eigenvalue weighted by atomic mass is 32.1. The zero-order chi connectivity index (χ0) is 20.1. The van der Waals surface area contributed by atoms with Gasteiger partial charge < -0.3 is 14.2 Å². The van der Waals surface area contributed by atoms with E-state index < -0.39 is 6.61 Å². The fourth-order valence-corrected chi connectivity index (χ4v) is 2.65. The van der Waals surface area contributed by atoms with Crippen molar-refractivity contribution in [1.29, 1.82) is 0 Å². The quantitative estimate of drug-likeness (QED) is 0.472. The van der Waals surface area contributed by atoms with Crippen LogP contribution in [-0.4, -0.2) is 41.9 Å². The number of nitrogens with zero attached hydrogens (tertiary/aromatic N) is 3. The minimum Gasteiger partial charge on any atom is -0.497 e. The Labute approximate surface area is 164 Å². The highest BCUT2D eigenvalue weighted by Gasteiger charge is 2.15. The summed E-state index contributed by atoms with van der Waals surface area (Å²) in [6.07, 6.45) is 1.36. The van der Waals surface area contributed by atoms with Crippen molar-refractivity contribution in [1.82, 2.24) is 14.9 Å². The molecule has 1 heterocycles. The van der Waals surface area contributed by atoms with Crippen molar-refractivity contribution in [2.24, 2.45) is 5.10 Å². The fraction of sp³-hybridized carbons (Fsp3) is 0.167. The van der Waals surface area contributed by atoms with Gasteiger partial charge in [0, 0.05) is 11.6 Å². The summed E-state index contributed by atoms with van der Waals surface area (Å²) in [6.45, 7) is -2.94. The smallest absolute Gasteiger partial charge is 0.387 e. The van der Waals surface area contributed by atoms with Crippen LogP contribution in [0, 0.1) is 4.77 Å². The molecule has 0 saturated carbocycles. The summed E-state index contributed by atoms with van der Waals surface area (Å²) in [5.74, 6) is 1.50. The third-order valence-electron chi connectivity index (χ3n) is 3.75. The van der Waals surface area contributed by atoms with E-state index >= 15 is 0 Å². The van der Waals surface area contributed by atoms with Gasteiger partial charge in [-0.2, -0.15) is 23.7 Å². The number of hydrogen-bond acceptors (Lipinski definition) is 6. The van der Waals surface area contributed by atoms with Gasteiger partial charge in [0.05, 0.1) is 26.0 Å². The van der Waals surface area contributed by atoms with Gasteiger partial charge >= 0.3 is 6.61 Å². The Morgan fingerprint density at radius 3 is 2.64 bits per heavy atom. The Morgan fingerprint density at radius 1 is 1.14 bits per heavy atom. The van der Waals surface area contributed by atoms with Crippen LogP contribution >= 0.6 is 12.2 Å². The number of rotatable bonds is 7. The van der Waals surface area contributed by atoms with Crippen LogP contribution in [0.3, 0.4) is 0 Å². The van der Waals surface area contributed by atoms with Crippen LogP contribution in [0.15, 0.2) is 47.6 Å². The summed E-state index contributed by atoms with van der Waals surface area (Å²) < 4.78 is 41.8. The van der Waals surface area contributed by atoms with Gasteiger partial charge in [-0.3, -0.25) is 0 Å². The van der Waals surface area contributed by atoms with E-state index in [0.717, 1.165) is 0 Å². The zero-order valence-electron chi connectivity index (χ0n) is 14.9. The van der Waals surface area contributed by atoms with Crippen LogP contribution in [0.4, 0.5) is 8.78 Å². The topological polar surface area (TPSA) is 73.7 Å². The number of alkyl halides is 2. The van der Waals surface area contributed by atoms with E-state index in [9.17, 15) is 8.78 Å². The van der Waals surface area contributed by atoms with Crippen molar-refractivity contribution in [3.8, 4) is 28.6 Å². The van der Waals surface area contributed by atoms with Crippen molar-refractivity contribution in [3.63, 3.8) is 0 Å². The second-order valence-electron chi connectivity index (χ2n) is 5.39. The van der Waals surface area contributed by atoms with E-state index in [4.69, 9.17) is 21.7 Å². The van der Waals surface area contributed by atoms with Crippen molar-refractivity contribution < 1.29 is 23.0 Å².